The van der Waals surface area contributed by atoms with Gasteiger partial charge in [-0.05, 0) is 25.2 Å². The minimum Gasteiger partial charge on any atom is -0.341 e. The summed E-state index contributed by atoms with van der Waals surface area (Å²) >= 11 is 0. The summed E-state index contributed by atoms with van der Waals surface area (Å²) in [4.78, 5) is 14.4. The van der Waals surface area contributed by atoms with Gasteiger partial charge in [-0.1, -0.05) is 53.4 Å². The number of hydrogen-bond acceptors (Lipinski definition) is 2. The van der Waals surface area contributed by atoms with Gasteiger partial charge in [-0.2, -0.15) is 0 Å². The van der Waals surface area contributed by atoms with Crippen LogP contribution in [0.15, 0.2) is 0 Å². The molecule has 2 N–H and O–H groups in total. The van der Waals surface area contributed by atoms with E-state index in [2.05, 4.69) is 27.7 Å². The summed E-state index contributed by atoms with van der Waals surface area (Å²) in [7, 11) is 0. The smallest absolute Gasteiger partial charge is 0.239 e. The van der Waals surface area contributed by atoms with E-state index in [4.69, 9.17) is 5.73 Å². The molecule has 0 spiro atoms. The van der Waals surface area contributed by atoms with Gasteiger partial charge >= 0.3 is 0 Å². The molecule has 0 rings (SSSR count). The summed E-state index contributed by atoms with van der Waals surface area (Å²) in [5.74, 6) is 0.632. The van der Waals surface area contributed by atoms with Gasteiger partial charge in [0, 0.05) is 13.1 Å². The summed E-state index contributed by atoms with van der Waals surface area (Å²) in [5, 5.41) is 0. The molecule has 1 amide bonds. The molecule has 3 nitrogen and oxygen atoms in total. The predicted molar refractivity (Wildman–Crippen MR) is 83.1 cm³/mol. The first kappa shape index (κ1) is 18.4. The van der Waals surface area contributed by atoms with E-state index >= 15 is 0 Å². The number of nitrogens with zero attached hydrogens (tertiary/aromatic N) is 1. The molecule has 0 radical (unpaired) electrons. The maximum atomic E-state index is 12.4. The van der Waals surface area contributed by atoms with Crippen LogP contribution in [0, 0.1) is 5.92 Å². The molecule has 0 aliphatic rings. The molecule has 1 atom stereocenters. The minimum absolute atomic E-state index is 0.154. The van der Waals surface area contributed by atoms with E-state index in [1.54, 1.807) is 0 Å². The average molecular weight is 270 g/mol. The van der Waals surface area contributed by atoms with Crippen molar-refractivity contribution in [1.29, 1.82) is 0 Å². The molecule has 0 aromatic heterocycles. The second-order valence-electron chi connectivity index (χ2n) is 5.98. The first-order chi connectivity index (χ1) is 9.02. The number of unbranched alkanes of at least 4 members (excludes halogenated alkanes) is 4. The summed E-state index contributed by atoms with van der Waals surface area (Å²) < 4.78 is 0. The Morgan fingerprint density at radius 3 is 1.84 bits per heavy atom. The van der Waals surface area contributed by atoms with Gasteiger partial charge < -0.3 is 10.6 Å². The standard InChI is InChI=1S/C16H34N2O/c1-5-7-9-11-18(12-10-8-6-2)16(19)15(17)13-14(3)4/h14-15H,5-13,17H2,1-4H3/t15-/m1/s1. The zero-order valence-electron chi connectivity index (χ0n) is 13.5. The molecule has 0 aromatic rings. The molecule has 3 heteroatoms. The molecule has 0 saturated heterocycles. The highest BCUT2D eigenvalue weighted by molar-refractivity contribution is 5.81. The summed E-state index contributed by atoms with van der Waals surface area (Å²) in [6.45, 7) is 10.4. The fourth-order valence-electron chi connectivity index (χ4n) is 2.28. The summed E-state index contributed by atoms with van der Waals surface area (Å²) in [6, 6.07) is -0.316. The van der Waals surface area contributed by atoms with Crippen molar-refractivity contribution < 1.29 is 4.79 Å². The highest BCUT2D eigenvalue weighted by atomic mass is 16.2. The van der Waals surface area contributed by atoms with E-state index in [-0.39, 0.29) is 11.9 Å². The second-order valence-corrected chi connectivity index (χ2v) is 5.98. The molecule has 0 aliphatic carbocycles. The van der Waals surface area contributed by atoms with Crippen LogP contribution in [0.2, 0.25) is 0 Å². The summed E-state index contributed by atoms with van der Waals surface area (Å²) in [6.07, 6.45) is 7.75. The van der Waals surface area contributed by atoms with Gasteiger partial charge in [0.15, 0.2) is 0 Å². The quantitative estimate of drug-likeness (QED) is 0.583. The van der Waals surface area contributed by atoms with Gasteiger partial charge in [-0.3, -0.25) is 4.79 Å². The van der Waals surface area contributed by atoms with Crippen LogP contribution in [-0.2, 0) is 4.79 Å². The van der Waals surface area contributed by atoms with Crippen molar-refractivity contribution in [2.24, 2.45) is 11.7 Å². The molecule has 0 bridgehead atoms. The van der Waals surface area contributed by atoms with E-state index in [9.17, 15) is 4.79 Å². The molecule has 0 fully saturated rings. The Morgan fingerprint density at radius 2 is 1.47 bits per heavy atom. The Labute approximate surface area is 119 Å². The van der Waals surface area contributed by atoms with Crippen LogP contribution in [0.5, 0.6) is 0 Å². The maximum Gasteiger partial charge on any atom is 0.239 e. The van der Waals surface area contributed by atoms with Crippen molar-refractivity contribution in [1.82, 2.24) is 4.90 Å². The molecule has 0 aromatic carbocycles. The van der Waals surface area contributed by atoms with Crippen molar-refractivity contribution in [3.8, 4) is 0 Å². The van der Waals surface area contributed by atoms with Crippen LogP contribution < -0.4 is 5.73 Å². The van der Waals surface area contributed by atoms with Gasteiger partial charge in [0.1, 0.15) is 0 Å². The van der Waals surface area contributed by atoms with Crippen molar-refractivity contribution >= 4 is 5.91 Å². The molecular formula is C16H34N2O. The Bertz CT molecular complexity index is 219. The monoisotopic (exact) mass is 270 g/mol. The topological polar surface area (TPSA) is 46.3 Å². The van der Waals surface area contributed by atoms with E-state index < -0.39 is 0 Å². The number of rotatable bonds is 11. The SMILES string of the molecule is CCCCCN(CCCCC)C(=O)[C@H](N)CC(C)C. The highest BCUT2D eigenvalue weighted by Crippen LogP contribution is 2.09. The van der Waals surface area contributed by atoms with Crippen LogP contribution in [-0.4, -0.2) is 29.9 Å². The first-order valence-corrected chi connectivity index (χ1v) is 8.07. The van der Waals surface area contributed by atoms with Crippen molar-refractivity contribution in [3.05, 3.63) is 0 Å². The van der Waals surface area contributed by atoms with Gasteiger partial charge in [0.2, 0.25) is 5.91 Å². The third-order valence-corrected chi connectivity index (χ3v) is 3.42. The summed E-state index contributed by atoms with van der Waals surface area (Å²) in [5.41, 5.74) is 6.04. The first-order valence-electron chi connectivity index (χ1n) is 8.07. The van der Waals surface area contributed by atoms with E-state index in [0.717, 1.165) is 32.4 Å². The van der Waals surface area contributed by atoms with Gasteiger partial charge in [-0.15, -0.1) is 0 Å². The molecule has 0 unspecified atom stereocenters. The molecule has 0 saturated carbocycles. The average Bonchev–Trinajstić information content (AvgIpc) is 2.35. The zero-order chi connectivity index (χ0) is 14.7. The van der Waals surface area contributed by atoms with Crippen LogP contribution in [0.4, 0.5) is 0 Å². The Morgan fingerprint density at radius 1 is 1.00 bits per heavy atom. The van der Waals surface area contributed by atoms with Crippen LogP contribution in [0.25, 0.3) is 0 Å². The van der Waals surface area contributed by atoms with Crippen molar-refractivity contribution in [3.63, 3.8) is 0 Å². The number of amides is 1. The Hall–Kier alpha value is -0.570. The zero-order valence-corrected chi connectivity index (χ0v) is 13.5. The lowest BCUT2D eigenvalue weighted by atomic mass is 10.0. The normalized spacial score (nSPS) is 12.7. The fraction of sp³-hybridized carbons (Fsp3) is 0.938. The Balaban J connectivity index is 4.29. The second kappa shape index (κ2) is 11.3. The lowest BCUT2D eigenvalue weighted by Crippen LogP contribution is -2.45. The Kier molecular flexibility index (Phi) is 10.9. The van der Waals surface area contributed by atoms with Crippen LogP contribution in [0.3, 0.4) is 0 Å². The predicted octanol–water partition coefficient (Wildman–Crippen LogP) is 3.57. The number of hydrogen-bond donors (Lipinski definition) is 1. The third kappa shape index (κ3) is 9.04. The van der Waals surface area contributed by atoms with Gasteiger partial charge in [0.25, 0.3) is 0 Å². The molecule has 114 valence electrons. The molecular weight excluding hydrogens is 236 g/mol. The lowest BCUT2D eigenvalue weighted by molar-refractivity contribution is -0.133. The number of carbonyl (C=O) groups is 1. The van der Waals surface area contributed by atoms with Crippen molar-refractivity contribution in [2.75, 3.05) is 13.1 Å². The molecule has 0 aliphatic heterocycles. The van der Waals surface area contributed by atoms with E-state index in [0.29, 0.717) is 5.92 Å². The third-order valence-electron chi connectivity index (χ3n) is 3.42. The largest absolute Gasteiger partial charge is 0.341 e. The molecule has 0 heterocycles. The van der Waals surface area contributed by atoms with Crippen molar-refractivity contribution in [2.45, 2.75) is 78.7 Å². The van der Waals surface area contributed by atoms with E-state index in [1.807, 2.05) is 4.90 Å². The molecule has 19 heavy (non-hydrogen) atoms. The minimum atomic E-state index is -0.316. The van der Waals surface area contributed by atoms with Crippen LogP contribution >= 0.6 is 0 Å². The maximum absolute atomic E-state index is 12.4. The lowest BCUT2D eigenvalue weighted by Gasteiger charge is -2.26. The van der Waals surface area contributed by atoms with E-state index in [1.165, 1.54) is 25.7 Å². The number of nitrogens with two attached hydrogens (primary N) is 1. The van der Waals surface area contributed by atoms with Crippen LogP contribution in [0.1, 0.15) is 72.6 Å². The van der Waals surface area contributed by atoms with Gasteiger partial charge in [0.05, 0.1) is 6.04 Å². The number of carbonyl (C=O) groups excluding carboxylic acids is 1. The van der Waals surface area contributed by atoms with Gasteiger partial charge in [-0.25, -0.2) is 0 Å². The highest BCUT2D eigenvalue weighted by Gasteiger charge is 2.21. The fourth-order valence-corrected chi connectivity index (χ4v) is 2.28.